The quantitative estimate of drug-likeness (QED) is 0.541. The summed E-state index contributed by atoms with van der Waals surface area (Å²) in [6.07, 6.45) is 1.37. The summed E-state index contributed by atoms with van der Waals surface area (Å²) < 4.78 is 30.9. The summed E-state index contributed by atoms with van der Waals surface area (Å²) in [5.41, 5.74) is 2.89. The molecule has 2 aromatic carbocycles. The molecule has 0 aliphatic carbocycles. The monoisotopic (exact) mass is 429 g/mol. The van der Waals surface area contributed by atoms with E-state index in [2.05, 4.69) is 10.5 Å². The van der Waals surface area contributed by atoms with Gasteiger partial charge in [0.2, 0.25) is 10.0 Å². The molecular formula is C17H17Cl2N3O4S. The highest BCUT2D eigenvalue weighted by molar-refractivity contribution is 7.89. The number of hydrogen-bond donors (Lipinski definition) is 1. The van der Waals surface area contributed by atoms with Gasteiger partial charge in [-0.2, -0.15) is 9.41 Å². The van der Waals surface area contributed by atoms with E-state index < -0.39 is 22.5 Å². The molecule has 0 saturated carbocycles. The van der Waals surface area contributed by atoms with Gasteiger partial charge < -0.3 is 4.74 Å². The fourth-order valence-electron chi connectivity index (χ4n) is 2.02. The minimum Gasteiger partial charge on any atom is -0.497 e. The van der Waals surface area contributed by atoms with Crippen LogP contribution in [0.5, 0.6) is 5.75 Å². The maximum absolute atomic E-state index is 12.5. The lowest BCUT2D eigenvalue weighted by Crippen LogP contribution is -2.36. The van der Waals surface area contributed by atoms with Crippen LogP contribution in [0.2, 0.25) is 10.0 Å². The molecule has 0 bridgehead atoms. The summed E-state index contributed by atoms with van der Waals surface area (Å²) in [5, 5.41) is 4.54. The van der Waals surface area contributed by atoms with Gasteiger partial charge >= 0.3 is 0 Å². The van der Waals surface area contributed by atoms with E-state index in [1.54, 1.807) is 18.2 Å². The number of benzene rings is 2. The number of nitrogens with zero attached hydrogens (tertiary/aromatic N) is 2. The highest BCUT2D eigenvalue weighted by Gasteiger charge is 2.22. The summed E-state index contributed by atoms with van der Waals surface area (Å²) in [4.78, 5) is 12.0. The van der Waals surface area contributed by atoms with E-state index in [4.69, 9.17) is 27.9 Å². The minimum atomic E-state index is -3.81. The number of carbonyl (C=O) groups excluding carboxylic acids is 1. The Hall–Kier alpha value is -2.13. The third kappa shape index (κ3) is 5.67. The second-order valence-corrected chi connectivity index (χ2v) is 8.26. The topological polar surface area (TPSA) is 88.1 Å². The molecule has 0 aliphatic heterocycles. The van der Waals surface area contributed by atoms with E-state index in [0.717, 1.165) is 4.31 Å². The van der Waals surface area contributed by atoms with Gasteiger partial charge in [-0.25, -0.2) is 13.8 Å². The number of likely N-dealkylation sites (N-methyl/N-ethyl adjacent to an activating group) is 1. The van der Waals surface area contributed by atoms with Gasteiger partial charge in [0.05, 0.1) is 34.8 Å². The summed E-state index contributed by atoms with van der Waals surface area (Å²) in [5.74, 6) is -0.0584. The van der Waals surface area contributed by atoms with Crippen molar-refractivity contribution in [2.45, 2.75) is 4.90 Å². The molecule has 0 aromatic heterocycles. The highest BCUT2D eigenvalue weighted by Crippen LogP contribution is 2.21. The molecule has 10 heteroatoms. The fourth-order valence-corrected chi connectivity index (χ4v) is 3.46. The van der Waals surface area contributed by atoms with Gasteiger partial charge in [-0.05, 0) is 42.0 Å². The van der Waals surface area contributed by atoms with Crippen molar-refractivity contribution in [1.82, 2.24) is 9.73 Å². The number of carbonyl (C=O) groups is 1. The van der Waals surface area contributed by atoms with Crippen molar-refractivity contribution < 1.29 is 17.9 Å². The Kier molecular flexibility index (Phi) is 7.20. The Labute approximate surface area is 167 Å². The number of nitrogens with one attached hydrogen (secondary N) is 1. The van der Waals surface area contributed by atoms with Crippen LogP contribution in [0, 0.1) is 0 Å². The standard InChI is InChI=1S/C17H17Cl2N3O4S/c1-22(27(24,25)14-6-4-13(26-2)5-7-14)11-17(23)21-20-10-12-3-8-15(18)16(19)9-12/h3-10H,11H2,1-2H3,(H,21,23)/b20-10-. The van der Waals surface area contributed by atoms with Gasteiger partial charge in [0.1, 0.15) is 5.75 Å². The number of amides is 1. The third-order valence-corrected chi connectivity index (χ3v) is 6.04. The molecule has 2 aromatic rings. The van der Waals surface area contributed by atoms with Gasteiger partial charge in [0, 0.05) is 7.05 Å². The molecule has 7 nitrogen and oxygen atoms in total. The second-order valence-electron chi connectivity index (χ2n) is 5.40. The van der Waals surface area contributed by atoms with Crippen molar-refractivity contribution in [3.63, 3.8) is 0 Å². The fraction of sp³-hybridized carbons (Fsp3) is 0.176. The molecule has 0 radical (unpaired) electrons. The molecule has 0 spiro atoms. The number of rotatable bonds is 7. The number of methoxy groups -OCH3 is 1. The van der Waals surface area contributed by atoms with E-state index >= 15 is 0 Å². The molecule has 0 aliphatic rings. The zero-order valence-corrected chi connectivity index (χ0v) is 16.8. The number of ether oxygens (including phenoxy) is 1. The van der Waals surface area contributed by atoms with Gasteiger partial charge in [-0.1, -0.05) is 29.3 Å². The van der Waals surface area contributed by atoms with Crippen LogP contribution < -0.4 is 10.2 Å². The van der Waals surface area contributed by atoms with Crippen LogP contribution in [-0.2, 0) is 14.8 Å². The van der Waals surface area contributed by atoms with Crippen LogP contribution in [0.3, 0.4) is 0 Å². The average molecular weight is 430 g/mol. The van der Waals surface area contributed by atoms with Crippen LogP contribution in [0.25, 0.3) is 0 Å². The lowest BCUT2D eigenvalue weighted by Gasteiger charge is -2.16. The predicted octanol–water partition coefficient (Wildman–Crippen LogP) is 2.77. The van der Waals surface area contributed by atoms with E-state index in [0.29, 0.717) is 21.4 Å². The molecule has 1 amide bonds. The van der Waals surface area contributed by atoms with Crippen LogP contribution in [0.15, 0.2) is 52.5 Å². The summed E-state index contributed by atoms with van der Waals surface area (Å²) in [7, 11) is -1.02. The van der Waals surface area contributed by atoms with E-state index in [-0.39, 0.29) is 4.90 Å². The van der Waals surface area contributed by atoms with Gasteiger partial charge in [-0.3, -0.25) is 4.79 Å². The molecule has 1 N–H and O–H groups in total. The van der Waals surface area contributed by atoms with Crippen molar-refractivity contribution in [3.05, 3.63) is 58.1 Å². The summed E-state index contributed by atoms with van der Waals surface area (Å²) in [6, 6.07) is 10.7. The molecule has 0 atom stereocenters. The van der Waals surface area contributed by atoms with Gasteiger partial charge in [-0.15, -0.1) is 0 Å². The zero-order chi connectivity index (χ0) is 20.0. The van der Waals surface area contributed by atoms with Crippen LogP contribution in [0.4, 0.5) is 0 Å². The third-order valence-electron chi connectivity index (χ3n) is 3.48. The largest absolute Gasteiger partial charge is 0.497 e. The number of sulfonamides is 1. The maximum Gasteiger partial charge on any atom is 0.255 e. The van der Waals surface area contributed by atoms with Crippen LogP contribution >= 0.6 is 23.2 Å². The molecule has 0 fully saturated rings. The van der Waals surface area contributed by atoms with Crippen molar-refractivity contribution >= 4 is 45.3 Å². The first-order valence-corrected chi connectivity index (χ1v) is 9.81. The van der Waals surface area contributed by atoms with Gasteiger partial charge in [0.15, 0.2) is 0 Å². The van der Waals surface area contributed by atoms with Crippen molar-refractivity contribution in [1.29, 1.82) is 0 Å². The van der Waals surface area contributed by atoms with E-state index in [1.165, 1.54) is 44.6 Å². The van der Waals surface area contributed by atoms with Crippen LogP contribution in [-0.4, -0.2) is 45.5 Å². The maximum atomic E-state index is 12.5. The zero-order valence-electron chi connectivity index (χ0n) is 14.5. The molecule has 0 unspecified atom stereocenters. The highest BCUT2D eigenvalue weighted by atomic mass is 35.5. The Balaban J connectivity index is 1.97. The molecule has 2 rings (SSSR count). The van der Waals surface area contributed by atoms with E-state index in [9.17, 15) is 13.2 Å². The Morgan fingerprint density at radius 2 is 1.85 bits per heavy atom. The first-order chi connectivity index (χ1) is 12.7. The lowest BCUT2D eigenvalue weighted by molar-refractivity contribution is -0.121. The van der Waals surface area contributed by atoms with Crippen molar-refractivity contribution in [3.8, 4) is 5.75 Å². The Morgan fingerprint density at radius 1 is 1.19 bits per heavy atom. The molecule has 0 saturated heterocycles. The number of hydrazone groups is 1. The number of halogens is 2. The second kappa shape index (κ2) is 9.18. The van der Waals surface area contributed by atoms with Crippen molar-refractivity contribution in [2.24, 2.45) is 5.10 Å². The first-order valence-electron chi connectivity index (χ1n) is 7.61. The van der Waals surface area contributed by atoms with E-state index in [1.807, 2.05) is 0 Å². The molecular weight excluding hydrogens is 413 g/mol. The Bertz CT molecular complexity index is 947. The molecule has 27 heavy (non-hydrogen) atoms. The predicted molar refractivity (Wildman–Crippen MR) is 105 cm³/mol. The normalized spacial score (nSPS) is 11.7. The Morgan fingerprint density at radius 3 is 2.44 bits per heavy atom. The lowest BCUT2D eigenvalue weighted by atomic mass is 10.2. The smallest absolute Gasteiger partial charge is 0.255 e. The van der Waals surface area contributed by atoms with Crippen LogP contribution in [0.1, 0.15) is 5.56 Å². The average Bonchev–Trinajstić information content (AvgIpc) is 2.64. The number of hydrogen-bond acceptors (Lipinski definition) is 5. The first kappa shape index (κ1) is 21.2. The van der Waals surface area contributed by atoms with Crippen molar-refractivity contribution in [2.75, 3.05) is 20.7 Å². The summed E-state index contributed by atoms with van der Waals surface area (Å²) >= 11 is 11.7. The summed E-state index contributed by atoms with van der Waals surface area (Å²) in [6.45, 7) is -0.396. The molecule has 144 valence electrons. The minimum absolute atomic E-state index is 0.0536. The molecule has 0 heterocycles. The SMILES string of the molecule is COc1ccc(S(=O)(=O)N(C)CC(=O)N/N=C\c2ccc(Cl)c(Cl)c2)cc1. The van der Waals surface area contributed by atoms with Gasteiger partial charge in [0.25, 0.3) is 5.91 Å².